The van der Waals surface area contributed by atoms with E-state index in [-0.39, 0.29) is 12.3 Å². The SMILES string of the molecule is Cc1cn(C)nc1C(CN)CC(=O)O. The molecule has 0 amide bonds. The molecule has 0 spiro atoms. The van der Waals surface area contributed by atoms with Crippen LogP contribution in [0.4, 0.5) is 0 Å². The van der Waals surface area contributed by atoms with E-state index in [0.717, 1.165) is 11.3 Å². The summed E-state index contributed by atoms with van der Waals surface area (Å²) < 4.78 is 1.68. The summed E-state index contributed by atoms with van der Waals surface area (Å²) in [5, 5.41) is 12.9. The van der Waals surface area contributed by atoms with Gasteiger partial charge >= 0.3 is 5.97 Å². The number of hydrogen-bond donors (Lipinski definition) is 2. The fourth-order valence-corrected chi connectivity index (χ4v) is 1.53. The smallest absolute Gasteiger partial charge is 0.304 e. The van der Waals surface area contributed by atoms with Crippen molar-refractivity contribution < 1.29 is 9.90 Å². The quantitative estimate of drug-likeness (QED) is 0.724. The lowest BCUT2D eigenvalue weighted by molar-refractivity contribution is -0.137. The summed E-state index contributed by atoms with van der Waals surface area (Å²) in [6.07, 6.45) is 1.90. The Balaban J connectivity index is 2.88. The van der Waals surface area contributed by atoms with Crippen LogP contribution in [0.3, 0.4) is 0 Å². The molecule has 3 N–H and O–H groups in total. The Morgan fingerprint density at radius 3 is 2.79 bits per heavy atom. The van der Waals surface area contributed by atoms with Crippen LogP contribution in [-0.2, 0) is 11.8 Å². The van der Waals surface area contributed by atoms with Crippen molar-refractivity contribution in [1.82, 2.24) is 9.78 Å². The molecule has 0 radical (unpaired) electrons. The van der Waals surface area contributed by atoms with E-state index in [0.29, 0.717) is 6.54 Å². The van der Waals surface area contributed by atoms with E-state index >= 15 is 0 Å². The lowest BCUT2D eigenvalue weighted by atomic mass is 9.99. The number of carboxylic acid groups (broad SMARTS) is 1. The fraction of sp³-hybridized carbons (Fsp3) is 0.556. The zero-order chi connectivity index (χ0) is 10.7. The summed E-state index contributed by atoms with van der Waals surface area (Å²) in [5.41, 5.74) is 7.30. The molecule has 0 aliphatic heterocycles. The maximum Gasteiger partial charge on any atom is 0.304 e. The van der Waals surface area contributed by atoms with Gasteiger partial charge in [-0.1, -0.05) is 0 Å². The molecular weight excluding hydrogens is 182 g/mol. The van der Waals surface area contributed by atoms with E-state index in [1.165, 1.54) is 0 Å². The summed E-state index contributed by atoms with van der Waals surface area (Å²) >= 11 is 0. The Labute approximate surface area is 82.5 Å². The number of rotatable bonds is 4. The van der Waals surface area contributed by atoms with Crippen molar-refractivity contribution in [3.05, 3.63) is 17.5 Å². The first-order chi connectivity index (χ1) is 6.54. The van der Waals surface area contributed by atoms with Gasteiger partial charge in [0.2, 0.25) is 0 Å². The van der Waals surface area contributed by atoms with Crippen LogP contribution in [0.25, 0.3) is 0 Å². The summed E-state index contributed by atoms with van der Waals surface area (Å²) in [4.78, 5) is 10.6. The van der Waals surface area contributed by atoms with Crippen LogP contribution in [0.2, 0.25) is 0 Å². The average molecular weight is 197 g/mol. The Morgan fingerprint density at radius 1 is 1.79 bits per heavy atom. The molecular formula is C9H15N3O2. The summed E-state index contributed by atoms with van der Waals surface area (Å²) in [5.74, 6) is -1.03. The van der Waals surface area contributed by atoms with Crippen LogP contribution in [0.5, 0.6) is 0 Å². The third kappa shape index (κ3) is 2.32. The normalized spacial score (nSPS) is 12.8. The molecule has 0 fully saturated rings. The number of aromatic nitrogens is 2. The monoisotopic (exact) mass is 197 g/mol. The number of carbonyl (C=O) groups is 1. The van der Waals surface area contributed by atoms with E-state index < -0.39 is 5.97 Å². The number of nitrogens with zero attached hydrogens (tertiary/aromatic N) is 2. The molecule has 14 heavy (non-hydrogen) atoms. The van der Waals surface area contributed by atoms with Crippen molar-refractivity contribution in [2.45, 2.75) is 19.3 Å². The number of hydrogen-bond acceptors (Lipinski definition) is 3. The second-order valence-electron chi connectivity index (χ2n) is 3.40. The maximum atomic E-state index is 10.6. The number of carboxylic acids is 1. The Morgan fingerprint density at radius 2 is 2.43 bits per heavy atom. The van der Waals surface area contributed by atoms with Gasteiger partial charge in [0.25, 0.3) is 0 Å². The van der Waals surface area contributed by atoms with E-state index in [9.17, 15) is 4.79 Å². The van der Waals surface area contributed by atoms with Crippen LogP contribution in [0.1, 0.15) is 23.6 Å². The molecule has 0 bridgehead atoms. The first kappa shape index (κ1) is 10.7. The van der Waals surface area contributed by atoms with E-state index in [4.69, 9.17) is 10.8 Å². The zero-order valence-electron chi connectivity index (χ0n) is 8.40. The summed E-state index contributed by atoms with van der Waals surface area (Å²) in [7, 11) is 1.81. The highest BCUT2D eigenvalue weighted by Gasteiger charge is 2.18. The van der Waals surface area contributed by atoms with Crippen molar-refractivity contribution in [1.29, 1.82) is 0 Å². The Kier molecular flexibility index (Phi) is 3.24. The third-order valence-corrected chi connectivity index (χ3v) is 2.14. The number of nitrogens with two attached hydrogens (primary N) is 1. The van der Waals surface area contributed by atoms with E-state index in [1.807, 2.05) is 20.2 Å². The van der Waals surface area contributed by atoms with Crippen LogP contribution < -0.4 is 5.73 Å². The van der Waals surface area contributed by atoms with Gasteiger partial charge in [-0.25, -0.2) is 0 Å². The van der Waals surface area contributed by atoms with Gasteiger partial charge in [0, 0.05) is 25.7 Å². The van der Waals surface area contributed by atoms with E-state index in [2.05, 4.69) is 5.10 Å². The molecule has 78 valence electrons. The van der Waals surface area contributed by atoms with Gasteiger partial charge in [0.05, 0.1) is 12.1 Å². The van der Waals surface area contributed by atoms with Gasteiger partial charge in [-0.2, -0.15) is 5.10 Å². The van der Waals surface area contributed by atoms with Crippen LogP contribution >= 0.6 is 0 Å². The second-order valence-corrected chi connectivity index (χ2v) is 3.40. The molecule has 0 aromatic carbocycles. The van der Waals surface area contributed by atoms with Crippen LogP contribution in [0, 0.1) is 6.92 Å². The van der Waals surface area contributed by atoms with Crippen molar-refractivity contribution in [2.24, 2.45) is 12.8 Å². The molecule has 0 saturated heterocycles. The van der Waals surface area contributed by atoms with Crippen molar-refractivity contribution in [3.63, 3.8) is 0 Å². The van der Waals surface area contributed by atoms with Crippen LogP contribution in [-0.4, -0.2) is 27.4 Å². The van der Waals surface area contributed by atoms with E-state index in [1.54, 1.807) is 4.68 Å². The Hall–Kier alpha value is -1.36. The topological polar surface area (TPSA) is 81.1 Å². The average Bonchev–Trinajstić information content (AvgIpc) is 2.41. The standard InChI is InChI=1S/C9H15N3O2/c1-6-5-12(2)11-9(6)7(4-10)3-8(13)14/h5,7H,3-4,10H2,1-2H3,(H,13,14). The fourth-order valence-electron chi connectivity index (χ4n) is 1.53. The predicted molar refractivity (Wildman–Crippen MR) is 52.0 cm³/mol. The first-order valence-corrected chi connectivity index (χ1v) is 4.46. The van der Waals surface area contributed by atoms with Gasteiger partial charge in [0.15, 0.2) is 0 Å². The maximum absolute atomic E-state index is 10.6. The Bertz CT molecular complexity index is 333. The highest BCUT2D eigenvalue weighted by molar-refractivity contribution is 5.68. The highest BCUT2D eigenvalue weighted by Crippen LogP contribution is 2.19. The van der Waals surface area contributed by atoms with Gasteiger partial charge in [-0.15, -0.1) is 0 Å². The van der Waals surface area contributed by atoms with Gasteiger partial charge in [-0.05, 0) is 12.5 Å². The largest absolute Gasteiger partial charge is 0.481 e. The third-order valence-electron chi connectivity index (χ3n) is 2.14. The molecule has 1 aromatic rings. The number of aliphatic carboxylic acids is 1. The molecule has 5 nitrogen and oxygen atoms in total. The molecule has 0 saturated carbocycles. The van der Waals surface area contributed by atoms with Crippen LogP contribution in [0.15, 0.2) is 6.20 Å². The highest BCUT2D eigenvalue weighted by atomic mass is 16.4. The minimum atomic E-state index is -0.842. The summed E-state index contributed by atoms with van der Waals surface area (Å²) in [6.45, 7) is 2.22. The van der Waals surface area contributed by atoms with Gasteiger partial charge < -0.3 is 10.8 Å². The molecule has 0 aliphatic carbocycles. The molecule has 5 heteroatoms. The summed E-state index contributed by atoms with van der Waals surface area (Å²) in [6, 6.07) is 0. The first-order valence-electron chi connectivity index (χ1n) is 4.46. The second kappa shape index (κ2) is 4.23. The minimum Gasteiger partial charge on any atom is -0.481 e. The van der Waals surface area contributed by atoms with Crippen molar-refractivity contribution >= 4 is 5.97 Å². The molecule has 1 unspecified atom stereocenters. The van der Waals surface area contributed by atoms with Crippen molar-refractivity contribution in [3.8, 4) is 0 Å². The molecule has 1 rings (SSSR count). The van der Waals surface area contributed by atoms with Gasteiger partial charge in [0.1, 0.15) is 0 Å². The molecule has 1 atom stereocenters. The van der Waals surface area contributed by atoms with Crippen molar-refractivity contribution in [2.75, 3.05) is 6.54 Å². The molecule has 1 heterocycles. The molecule has 0 aliphatic rings. The molecule has 1 aromatic heterocycles. The predicted octanol–water partition coefficient (Wildman–Crippen LogP) is 0.246. The lowest BCUT2D eigenvalue weighted by Gasteiger charge is -2.09. The zero-order valence-corrected chi connectivity index (χ0v) is 8.40. The minimum absolute atomic E-state index is 0.0361. The lowest BCUT2D eigenvalue weighted by Crippen LogP contribution is -2.17. The van der Waals surface area contributed by atoms with Gasteiger partial charge in [-0.3, -0.25) is 9.48 Å². The number of aryl methyl sites for hydroxylation is 2.